The normalized spacial score (nSPS) is 16.7. The van der Waals surface area contributed by atoms with E-state index >= 15 is 0 Å². The van der Waals surface area contributed by atoms with Gasteiger partial charge in [0.1, 0.15) is 5.75 Å². The van der Waals surface area contributed by atoms with Crippen LogP contribution in [-0.2, 0) is 0 Å². The molecule has 1 saturated heterocycles. The van der Waals surface area contributed by atoms with Crippen molar-refractivity contribution in [2.45, 2.75) is 18.9 Å². The number of nitro benzene ring substituents is 1. The van der Waals surface area contributed by atoms with Gasteiger partial charge in [0.05, 0.1) is 18.1 Å². The summed E-state index contributed by atoms with van der Waals surface area (Å²) in [5.41, 5.74) is 6.73. The fourth-order valence-electron chi connectivity index (χ4n) is 2.13. The van der Waals surface area contributed by atoms with Crippen molar-refractivity contribution in [3.63, 3.8) is 0 Å². The minimum absolute atomic E-state index is 0.0548. The zero-order chi connectivity index (χ0) is 13.1. The molecule has 1 fully saturated rings. The topological polar surface area (TPSA) is 81.6 Å². The Morgan fingerprint density at radius 1 is 1.39 bits per heavy atom. The van der Waals surface area contributed by atoms with E-state index in [1.54, 1.807) is 6.07 Å². The van der Waals surface area contributed by atoms with Crippen molar-refractivity contribution in [2.24, 2.45) is 5.73 Å². The minimum atomic E-state index is -0.401. The van der Waals surface area contributed by atoms with Gasteiger partial charge in [0, 0.05) is 37.0 Å². The predicted molar refractivity (Wildman–Crippen MR) is 69.1 cm³/mol. The molecule has 6 heteroatoms. The number of hydrogen-bond acceptors (Lipinski definition) is 5. The zero-order valence-electron chi connectivity index (χ0n) is 10.3. The third-order valence-electron chi connectivity index (χ3n) is 3.23. The van der Waals surface area contributed by atoms with Crippen molar-refractivity contribution < 1.29 is 9.66 Å². The van der Waals surface area contributed by atoms with Crippen LogP contribution in [0.4, 0.5) is 11.4 Å². The molecule has 1 aromatic carbocycles. The van der Waals surface area contributed by atoms with E-state index in [1.165, 1.54) is 13.2 Å². The standard InChI is InChI=1S/C12H17N3O3/c1-18-12-7-10(6-11(8-12)15(16)17)14-4-2-9(13)3-5-14/h6-9H,2-5,13H2,1H3. The fourth-order valence-corrected chi connectivity index (χ4v) is 2.13. The number of ether oxygens (including phenoxy) is 1. The smallest absolute Gasteiger partial charge is 0.275 e. The van der Waals surface area contributed by atoms with Crippen molar-refractivity contribution in [3.05, 3.63) is 28.3 Å². The average molecular weight is 251 g/mol. The van der Waals surface area contributed by atoms with Gasteiger partial charge in [-0.2, -0.15) is 0 Å². The van der Waals surface area contributed by atoms with E-state index in [0.29, 0.717) is 5.75 Å². The van der Waals surface area contributed by atoms with Gasteiger partial charge in [-0.3, -0.25) is 10.1 Å². The number of hydrogen-bond donors (Lipinski definition) is 1. The summed E-state index contributed by atoms with van der Waals surface area (Å²) in [5, 5.41) is 10.9. The summed E-state index contributed by atoms with van der Waals surface area (Å²) in [4.78, 5) is 12.6. The quantitative estimate of drug-likeness (QED) is 0.650. The Hall–Kier alpha value is -1.82. The maximum atomic E-state index is 10.9. The lowest BCUT2D eigenvalue weighted by atomic mass is 10.1. The van der Waals surface area contributed by atoms with Crippen molar-refractivity contribution in [1.29, 1.82) is 0 Å². The van der Waals surface area contributed by atoms with E-state index in [1.807, 2.05) is 6.07 Å². The Balaban J connectivity index is 2.26. The van der Waals surface area contributed by atoms with E-state index in [9.17, 15) is 10.1 Å². The van der Waals surface area contributed by atoms with Crippen LogP contribution in [-0.4, -0.2) is 31.2 Å². The van der Waals surface area contributed by atoms with Crippen LogP contribution in [0.25, 0.3) is 0 Å². The van der Waals surface area contributed by atoms with Crippen molar-refractivity contribution in [2.75, 3.05) is 25.1 Å². The molecule has 0 bridgehead atoms. The lowest BCUT2D eigenvalue weighted by Crippen LogP contribution is -2.39. The van der Waals surface area contributed by atoms with Gasteiger partial charge in [0.15, 0.2) is 0 Å². The maximum absolute atomic E-state index is 10.9. The molecule has 1 aromatic rings. The van der Waals surface area contributed by atoms with Gasteiger partial charge < -0.3 is 15.4 Å². The number of rotatable bonds is 3. The lowest BCUT2D eigenvalue weighted by molar-refractivity contribution is -0.384. The molecule has 0 atom stereocenters. The van der Waals surface area contributed by atoms with E-state index in [-0.39, 0.29) is 11.7 Å². The Bertz CT molecular complexity index is 442. The first-order chi connectivity index (χ1) is 8.60. The summed E-state index contributed by atoms with van der Waals surface area (Å²) in [5.74, 6) is 0.508. The molecule has 0 unspecified atom stereocenters. The molecule has 0 saturated carbocycles. The minimum Gasteiger partial charge on any atom is -0.496 e. The average Bonchev–Trinajstić information content (AvgIpc) is 2.39. The number of nitrogens with two attached hydrogens (primary N) is 1. The molecule has 1 aliphatic heterocycles. The number of anilines is 1. The molecule has 0 amide bonds. The van der Waals surface area contributed by atoms with E-state index in [4.69, 9.17) is 10.5 Å². The van der Waals surface area contributed by atoms with Crippen LogP contribution in [0.3, 0.4) is 0 Å². The number of benzene rings is 1. The van der Waals surface area contributed by atoms with Crippen LogP contribution < -0.4 is 15.4 Å². The first-order valence-corrected chi connectivity index (χ1v) is 5.94. The second-order valence-corrected chi connectivity index (χ2v) is 4.47. The highest BCUT2D eigenvalue weighted by molar-refractivity contribution is 5.58. The Morgan fingerprint density at radius 2 is 2.06 bits per heavy atom. The first kappa shape index (κ1) is 12.6. The second-order valence-electron chi connectivity index (χ2n) is 4.47. The van der Waals surface area contributed by atoms with Crippen molar-refractivity contribution >= 4 is 11.4 Å². The van der Waals surface area contributed by atoms with Crippen LogP contribution >= 0.6 is 0 Å². The van der Waals surface area contributed by atoms with E-state index in [0.717, 1.165) is 31.6 Å². The largest absolute Gasteiger partial charge is 0.496 e. The number of non-ortho nitro benzene ring substituents is 1. The summed E-state index contributed by atoms with van der Waals surface area (Å²) >= 11 is 0. The third-order valence-corrected chi connectivity index (χ3v) is 3.23. The second kappa shape index (κ2) is 5.22. The Kier molecular flexibility index (Phi) is 3.66. The van der Waals surface area contributed by atoms with Crippen LogP contribution in [0, 0.1) is 10.1 Å². The molecule has 98 valence electrons. The highest BCUT2D eigenvalue weighted by Crippen LogP contribution is 2.29. The number of methoxy groups -OCH3 is 1. The summed E-state index contributed by atoms with van der Waals surface area (Å²) in [6.07, 6.45) is 1.82. The molecule has 0 spiro atoms. The molecule has 0 aromatic heterocycles. The molecule has 6 nitrogen and oxygen atoms in total. The SMILES string of the molecule is COc1cc(N2CCC(N)CC2)cc([N+](=O)[O-])c1. The van der Waals surface area contributed by atoms with Crippen LogP contribution in [0.15, 0.2) is 18.2 Å². The van der Waals surface area contributed by atoms with E-state index in [2.05, 4.69) is 4.90 Å². The van der Waals surface area contributed by atoms with Gasteiger partial charge in [-0.05, 0) is 12.8 Å². The van der Waals surface area contributed by atoms with Gasteiger partial charge >= 0.3 is 0 Å². The molecular formula is C12H17N3O3. The zero-order valence-corrected chi connectivity index (χ0v) is 10.3. The van der Waals surface area contributed by atoms with E-state index < -0.39 is 4.92 Å². The molecule has 0 radical (unpaired) electrons. The third kappa shape index (κ3) is 2.70. The number of piperidine rings is 1. The van der Waals surface area contributed by atoms with Gasteiger partial charge in [0.2, 0.25) is 0 Å². The number of nitro groups is 1. The molecule has 1 heterocycles. The van der Waals surface area contributed by atoms with Crippen molar-refractivity contribution in [3.8, 4) is 5.75 Å². The van der Waals surface area contributed by atoms with Crippen LogP contribution in [0.1, 0.15) is 12.8 Å². The molecular weight excluding hydrogens is 234 g/mol. The lowest BCUT2D eigenvalue weighted by Gasteiger charge is -2.32. The fraction of sp³-hybridized carbons (Fsp3) is 0.500. The molecule has 1 aliphatic rings. The van der Waals surface area contributed by atoms with Crippen molar-refractivity contribution in [1.82, 2.24) is 0 Å². The maximum Gasteiger partial charge on any atom is 0.275 e. The summed E-state index contributed by atoms with van der Waals surface area (Å²) < 4.78 is 5.10. The summed E-state index contributed by atoms with van der Waals surface area (Å²) in [7, 11) is 1.51. The Labute approximate surface area is 105 Å². The predicted octanol–water partition coefficient (Wildman–Crippen LogP) is 1.53. The number of nitrogens with zero attached hydrogens (tertiary/aromatic N) is 2. The summed E-state index contributed by atoms with van der Waals surface area (Å²) in [6, 6.07) is 5.07. The Morgan fingerprint density at radius 3 is 2.61 bits per heavy atom. The van der Waals surface area contributed by atoms with Gasteiger partial charge in [-0.1, -0.05) is 0 Å². The van der Waals surface area contributed by atoms with Crippen LogP contribution in [0.5, 0.6) is 5.75 Å². The highest BCUT2D eigenvalue weighted by Gasteiger charge is 2.19. The molecule has 2 rings (SSSR count). The summed E-state index contributed by atoms with van der Waals surface area (Å²) in [6.45, 7) is 1.65. The van der Waals surface area contributed by atoms with Gasteiger partial charge in [-0.15, -0.1) is 0 Å². The molecule has 0 aliphatic carbocycles. The first-order valence-electron chi connectivity index (χ1n) is 5.94. The van der Waals surface area contributed by atoms with Crippen LogP contribution in [0.2, 0.25) is 0 Å². The molecule has 2 N–H and O–H groups in total. The monoisotopic (exact) mass is 251 g/mol. The van der Waals surface area contributed by atoms with Gasteiger partial charge in [0.25, 0.3) is 5.69 Å². The highest BCUT2D eigenvalue weighted by atomic mass is 16.6. The molecule has 18 heavy (non-hydrogen) atoms. The van der Waals surface area contributed by atoms with Gasteiger partial charge in [-0.25, -0.2) is 0 Å².